The first-order valence-corrected chi connectivity index (χ1v) is 11.7. The van der Waals surface area contributed by atoms with E-state index in [0.717, 1.165) is 26.8 Å². The molecule has 6 nitrogen and oxygen atoms in total. The molecule has 1 unspecified atom stereocenters. The summed E-state index contributed by atoms with van der Waals surface area (Å²) in [6.07, 6.45) is 1.70. The highest BCUT2D eigenvalue weighted by atomic mass is 32.2. The lowest BCUT2D eigenvalue weighted by atomic mass is 10.3. The highest BCUT2D eigenvalue weighted by molar-refractivity contribution is 8.01. The number of sulfone groups is 1. The number of thioether (sulfide) groups is 1. The van der Waals surface area contributed by atoms with Crippen LogP contribution in [0.15, 0.2) is 16.3 Å². The third-order valence-corrected chi connectivity index (χ3v) is 9.42. The molecule has 1 aromatic rings. The molecule has 1 aliphatic rings. The SMILES string of the molecule is CS(=O)(=O)C1CSCCN1S(=O)(=O)c1ccc(CCN)s1. The van der Waals surface area contributed by atoms with Gasteiger partial charge in [-0.05, 0) is 25.1 Å². The largest absolute Gasteiger partial charge is 0.330 e. The number of sulfonamides is 1. The molecule has 0 spiro atoms. The molecule has 1 saturated heterocycles. The predicted molar refractivity (Wildman–Crippen MR) is 86.9 cm³/mol. The molecule has 21 heavy (non-hydrogen) atoms. The lowest BCUT2D eigenvalue weighted by molar-refractivity contribution is 0.406. The summed E-state index contributed by atoms with van der Waals surface area (Å²) >= 11 is 2.62. The van der Waals surface area contributed by atoms with Gasteiger partial charge in [-0.2, -0.15) is 16.1 Å². The van der Waals surface area contributed by atoms with Crippen molar-refractivity contribution < 1.29 is 16.8 Å². The molecule has 1 fully saturated rings. The van der Waals surface area contributed by atoms with E-state index >= 15 is 0 Å². The number of nitrogens with two attached hydrogens (primary N) is 1. The minimum Gasteiger partial charge on any atom is -0.330 e. The van der Waals surface area contributed by atoms with Gasteiger partial charge in [0.2, 0.25) is 0 Å². The van der Waals surface area contributed by atoms with Crippen LogP contribution in [0.25, 0.3) is 0 Å². The van der Waals surface area contributed by atoms with Crippen molar-refractivity contribution in [2.24, 2.45) is 5.73 Å². The van der Waals surface area contributed by atoms with Crippen LogP contribution in [0.4, 0.5) is 0 Å². The van der Waals surface area contributed by atoms with Crippen molar-refractivity contribution in [1.29, 1.82) is 0 Å². The fraction of sp³-hybridized carbons (Fsp3) is 0.636. The van der Waals surface area contributed by atoms with Gasteiger partial charge in [0.25, 0.3) is 10.0 Å². The van der Waals surface area contributed by atoms with E-state index in [0.29, 0.717) is 18.7 Å². The average Bonchev–Trinajstić information content (AvgIpc) is 2.87. The number of nitrogens with zero attached hydrogens (tertiary/aromatic N) is 1. The van der Waals surface area contributed by atoms with Crippen molar-refractivity contribution in [1.82, 2.24) is 4.31 Å². The van der Waals surface area contributed by atoms with E-state index in [4.69, 9.17) is 5.73 Å². The monoisotopic (exact) mass is 370 g/mol. The first-order chi connectivity index (χ1) is 9.76. The zero-order valence-corrected chi connectivity index (χ0v) is 14.8. The third-order valence-electron chi connectivity index (χ3n) is 3.12. The van der Waals surface area contributed by atoms with Gasteiger partial charge in [0, 0.05) is 29.2 Å². The van der Waals surface area contributed by atoms with Crippen LogP contribution in [0.1, 0.15) is 4.88 Å². The van der Waals surface area contributed by atoms with Crippen molar-refractivity contribution in [2.75, 3.05) is 30.9 Å². The predicted octanol–water partition coefficient (Wildman–Crippen LogP) is 0.357. The summed E-state index contributed by atoms with van der Waals surface area (Å²) in [5.41, 5.74) is 5.47. The maximum absolute atomic E-state index is 12.7. The van der Waals surface area contributed by atoms with E-state index in [1.165, 1.54) is 17.8 Å². The van der Waals surface area contributed by atoms with E-state index in [9.17, 15) is 16.8 Å². The summed E-state index contributed by atoms with van der Waals surface area (Å²) in [6.45, 7) is 0.668. The molecule has 0 amide bonds. The van der Waals surface area contributed by atoms with Gasteiger partial charge >= 0.3 is 0 Å². The minimum atomic E-state index is -3.77. The van der Waals surface area contributed by atoms with Gasteiger partial charge in [-0.15, -0.1) is 11.3 Å². The Morgan fingerprint density at radius 3 is 2.67 bits per heavy atom. The Morgan fingerprint density at radius 2 is 2.05 bits per heavy atom. The van der Waals surface area contributed by atoms with Gasteiger partial charge in [-0.25, -0.2) is 16.8 Å². The Bertz CT molecular complexity index is 696. The molecule has 0 radical (unpaired) electrons. The van der Waals surface area contributed by atoms with E-state index in [1.807, 2.05) is 0 Å². The molecule has 1 atom stereocenters. The van der Waals surface area contributed by atoms with Crippen LogP contribution in [-0.2, 0) is 26.3 Å². The quantitative estimate of drug-likeness (QED) is 0.804. The van der Waals surface area contributed by atoms with Crippen molar-refractivity contribution >= 4 is 43.0 Å². The molecule has 2 N–H and O–H groups in total. The average molecular weight is 371 g/mol. The lowest BCUT2D eigenvalue weighted by Gasteiger charge is -2.32. The molecule has 0 bridgehead atoms. The minimum absolute atomic E-state index is 0.187. The Balaban J connectivity index is 2.36. The van der Waals surface area contributed by atoms with E-state index in [1.54, 1.807) is 6.07 Å². The molecule has 10 heteroatoms. The number of hydrogen-bond acceptors (Lipinski definition) is 7. The summed E-state index contributed by atoms with van der Waals surface area (Å²) in [4.78, 5) is 0.887. The van der Waals surface area contributed by atoms with Crippen molar-refractivity contribution in [2.45, 2.75) is 16.0 Å². The zero-order valence-electron chi connectivity index (χ0n) is 11.6. The highest BCUT2D eigenvalue weighted by Gasteiger charge is 2.39. The first-order valence-electron chi connectivity index (χ1n) is 6.34. The van der Waals surface area contributed by atoms with Gasteiger partial charge in [0.1, 0.15) is 9.58 Å². The van der Waals surface area contributed by atoms with E-state index in [2.05, 4.69) is 0 Å². The van der Waals surface area contributed by atoms with Crippen LogP contribution in [0.2, 0.25) is 0 Å². The topological polar surface area (TPSA) is 97.5 Å². The Kier molecular flexibility index (Phi) is 5.37. The lowest BCUT2D eigenvalue weighted by Crippen LogP contribution is -2.49. The van der Waals surface area contributed by atoms with Gasteiger partial charge in [0.05, 0.1) is 0 Å². The normalized spacial score (nSPS) is 21.5. The summed E-state index contributed by atoms with van der Waals surface area (Å²) in [5, 5.41) is -0.985. The van der Waals surface area contributed by atoms with Crippen LogP contribution < -0.4 is 5.73 Å². The third kappa shape index (κ3) is 3.80. The highest BCUT2D eigenvalue weighted by Crippen LogP contribution is 2.30. The van der Waals surface area contributed by atoms with Gasteiger partial charge < -0.3 is 5.73 Å². The van der Waals surface area contributed by atoms with Crippen molar-refractivity contribution in [3.8, 4) is 0 Å². The zero-order chi connectivity index (χ0) is 15.7. The van der Waals surface area contributed by atoms with Crippen LogP contribution in [-0.4, -0.2) is 57.4 Å². The Labute approximate surface area is 133 Å². The molecule has 1 aromatic heterocycles. The van der Waals surface area contributed by atoms with Gasteiger partial charge in [-0.1, -0.05) is 0 Å². The smallest absolute Gasteiger partial charge is 0.253 e. The van der Waals surface area contributed by atoms with Crippen LogP contribution in [0, 0.1) is 0 Å². The fourth-order valence-corrected chi connectivity index (χ4v) is 8.74. The number of rotatable bonds is 5. The van der Waals surface area contributed by atoms with Crippen molar-refractivity contribution in [3.05, 3.63) is 17.0 Å². The molecule has 0 aliphatic carbocycles. The van der Waals surface area contributed by atoms with E-state index in [-0.39, 0.29) is 16.5 Å². The second-order valence-electron chi connectivity index (χ2n) is 4.73. The second-order valence-corrected chi connectivity index (χ2v) is 11.4. The molecular formula is C11H18N2O4S4. The molecule has 0 aromatic carbocycles. The standard InChI is InChI=1S/C11H18N2O4S4/c1-20(14,15)10-8-18-7-6-13(10)21(16,17)11-3-2-9(19-11)4-5-12/h2-3,10H,4-8,12H2,1H3. The first kappa shape index (κ1) is 17.2. The summed E-state index contributed by atoms with van der Waals surface area (Å²) in [7, 11) is -7.23. The van der Waals surface area contributed by atoms with Crippen LogP contribution >= 0.6 is 23.1 Å². The Hall–Kier alpha value is -0.130. The molecular weight excluding hydrogens is 352 g/mol. The van der Waals surface area contributed by atoms with Crippen LogP contribution in [0.3, 0.4) is 0 Å². The van der Waals surface area contributed by atoms with Crippen molar-refractivity contribution in [3.63, 3.8) is 0 Å². The van der Waals surface area contributed by atoms with Crippen LogP contribution in [0.5, 0.6) is 0 Å². The number of hydrogen-bond donors (Lipinski definition) is 1. The molecule has 1 aliphatic heterocycles. The van der Waals surface area contributed by atoms with Gasteiger partial charge in [-0.3, -0.25) is 0 Å². The molecule has 0 saturated carbocycles. The Morgan fingerprint density at radius 1 is 1.33 bits per heavy atom. The summed E-state index contributed by atoms with van der Waals surface area (Å²) in [5.74, 6) is 0.880. The van der Waals surface area contributed by atoms with Gasteiger partial charge in [0.15, 0.2) is 9.84 Å². The summed E-state index contributed by atoms with van der Waals surface area (Å²) < 4.78 is 50.4. The number of thiophene rings is 1. The second kappa shape index (κ2) is 6.55. The maximum atomic E-state index is 12.7. The fourth-order valence-electron chi connectivity index (χ4n) is 2.07. The molecule has 2 heterocycles. The molecule has 120 valence electrons. The molecule has 2 rings (SSSR count). The maximum Gasteiger partial charge on any atom is 0.253 e. The summed E-state index contributed by atoms with van der Waals surface area (Å²) in [6, 6.07) is 3.27. The van der Waals surface area contributed by atoms with E-state index < -0.39 is 25.2 Å².